The highest BCUT2D eigenvalue weighted by Crippen LogP contribution is 2.11. The van der Waals surface area contributed by atoms with E-state index in [1.165, 1.54) is 25.3 Å². The molecule has 1 aromatic rings. The van der Waals surface area contributed by atoms with Crippen LogP contribution < -0.4 is 5.32 Å². The number of halogens is 1. The summed E-state index contributed by atoms with van der Waals surface area (Å²) in [6, 6.07) is 4.14. The maximum atomic E-state index is 13.3. The fraction of sp³-hybridized carbons (Fsp3) is 0.462. The summed E-state index contributed by atoms with van der Waals surface area (Å²) in [6.07, 6.45) is 0. The van der Waals surface area contributed by atoms with Gasteiger partial charge >= 0.3 is 0 Å². The molecule has 0 saturated carbocycles. The molecule has 0 aromatic heterocycles. The fourth-order valence-electron chi connectivity index (χ4n) is 1.42. The molecule has 0 aliphatic carbocycles. The van der Waals surface area contributed by atoms with Crippen LogP contribution in [0.2, 0.25) is 0 Å². The summed E-state index contributed by atoms with van der Waals surface area (Å²) in [5.74, 6) is -0.683. The molecule has 0 heterocycles. The second-order valence-corrected chi connectivity index (χ2v) is 4.24. The number of aliphatic hydroxyl groups excluding tert-OH is 1. The van der Waals surface area contributed by atoms with Crippen molar-refractivity contribution >= 4 is 5.91 Å². The highest BCUT2D eigenvalue weighted by atomic mass is 19.1. The smallest absolute Gasteiger partial charge is 0.251 e. The monoisotopic (exact) mass is 255 g/mol. The highest BCUT2D eigenvalue weighted by molar-refractivity contribution is 5.94. The van der Waals surface area contributed by atoms with Crippen LogP contribution in [0.3, 0.4) is 0 Å². The molecular formula is C13H18FNO3. The Morgan fingerprint density at radius 1 is 1.56 bits per heavy atom. The van der Waals surface area contributed by atoms with E-state index in [4.69, 9.17) is 9.84 Å². The summed E-state index contributed by atoms with van der Waals surface area (Å²) in [7, 11) is 1.47. The van der Waals surface area contributed by atoms with Crippen molar-refractivity contribution in [3.63, 3.8) is 0 Å². The number of ether oxygens (including phenoxy) is 1. The Morgan fingerprint density at radius 2 is 2.28 bits per heavy atom. The third kappa shape index (κ3) is 4.09. The predicted molar refractivity (Wildman–Crippen MR) is 65.7 cm³/mol. The Hall–Kier alpha value is -1.46. The summed E-state index contributed by atoms with van der Waals surface area (Å²) in [6.45, 7) is 2.34. The van der Waals surface area contributed by atoms with Crippen LogP contribution in [0.15, 0.2) is 18.2 Å². The molecule has 1 unspecified atom stereocenters. The van der Waals surface area contributed by atoms with Crippen LogP contribution in [-0.4, -0.2) is 31.3 Å². The van der Waals surface area contributed by atoms with E-state index in [-0.39, 0.29) is 25.0 Å². The van der Waals surface area contributed by atoms with Crippen LogP contribution in [0.1, 0.15) is 22.8 Å². The molecule has 1 aromatic carbocycles. The van der Waals surface area contributed by atoms with E-state index in [0.717, 1.165) is 0 Å². The first-order valence-corrected chi connectivity index (χ1v) is 5.75. The fourth-order valence-corrected chi connectivity index (χ4v) is 1.42. The first-order chi connectivity index (χ1) is 8.58. The molecule has 1 atom stereocenters. The van der Waals surface area contributed by atoms with Gasteiger partial charge in [-0.3, -0.25) is 4.79 Å². The summed E-state index contributed by atoms with van der Waals surface area (Å²) in [4.78, 5) is 11.8. The molecular weight excluding hydrogens is 237 g/mol. The maximum Gasteiger partial charge on any atom is 0.251 e. The molecule has 0 aliphatic heterocycles. The Labute approximate surface area is 106 Å². The van der Waals surface area contributed by atoms with E-state index in [1.807, 2.05) is 6.92 Å². The number of benzene rings is 1. The number of carbonyl (C=O) groups is 1. The SMILES string of the molecule is COCc1cc(C(=O)NCC(C)CO)ccc1F. The van der Waals surface area contributed by atoms with Crippen molar-refractivity contribution in [1.29, 1.82) is 0 Å². The Kier molecular flexibility index (Phi) is 5.74. The predicted octanol–water partition coefficient (Wildman–Crippen LogP) is 1.33. The first kappa shape index (κ1) is 14.6. The minimum Gasteiger partial charge on any atom is -0.396 e. The van der Waals surface area contributed by atoms with E-state index < -0.39 is 5.82 Å². The minimum absolute atomic E-state index is 0.00663. The molecule has 4 nitrogen and oxygen atoms in total. The van der Waals surface area contributed by atoms with Crippen molar-refractivity contribution in [2.45, 2.75) is 13.5 Å². The molecule has 0 aliphatic rings. The maximum absolute atomic E-state index is 13.3. The zero-order valence-corrected chi connectivity index (χ0v) is 10.6. The Balaban J connectivity index is 2.71. The van der Waals surface area contributed by atoms with Gasteiger partial charge < -0.3 is 15.2 Å². The number of rotatable bonds is 6. The van der Waals surface area contributed by atoms with Crippen LogP contribution >= 0.6 is 0 Å². The van der Waals surface area contributed by atoms with Crippen molar-refractivity contribution in [1.82, 2.24) is 5.32 Å². The molecule has 0 saturated heterocycles. The number of hydrogen-bond acceptors (Lipinski definition) is 3. The van der Waals surface area contributed by atoms with Crippen LogP contribution in [-0.2, 0) is 11.3 Å². The Morgan fingerprint density at radius 3 is 2.89 bits per heavy atom. The summed E-state index contributed by atoms with van der Waals surface area (Å²) in [5.41, 5.74) is 0.731. The summed E-state index contributed by atoms with van der Waals surface area (Å²) < 4.78 is 18.2. The zero-order chi connectivity index (χ0) is 13.5. The molecule has 2 N–H and O–H groups in total. The van der Waals surface area contributed by atoms with Crippen molar-refractivity contribution in [3.05, 3.63) is 35.1 Å². The third-order valence-electron chi connectivity index (χ3n) is 2.53. The molecule has 5 heteroatoms. The van der Waals surface area contributed by atoms with Gasteiger partial charge in [0.2, 0.25) is 0 Å². The van der Waals surface area contributed by atoms with Gasteiger partial charge in [-0.05, 0) is 24.1 Å². The van der Waals surface area contributed by atoms with Gasteiger partial charge in [-0.25, -0.2) is 4.39 Å². The largest absolute Gasteiger partial charge is 0.396 e. The number of aliphatic hydroxyl groups is 1. The second-order valence-electron chi connectivity index (χ2n) is 4.24. The molecule has 0 fully saturated rings. The zero-order valence-electron chi connectivity index (χ0n) is 10.6. The van der Waals surface area contributed by atoms with Crippen LogP contribution in [0, 0.1) is 11.7 Å². The highest BCUT2D eigenvalue weighted by Gasteiger charge is 2.10. The van der Waals surface area contributed by atoms with Crippen molar-refractivity contribution in [3.8, 4) is 0 Å². The molecule has 1 amide bonds. The second kappa shape index (κ2) is 7.08. The topological polar surface area (TPSA) is 58.6 Å². The van der Waals surface area contributed by atoms with Gasteiger partial charge in [-0.2, -0.15) is 0 Å². The molecule has 0 radical (unpaired) electrons. The van der Waals surface area contributed by atoms with E-state index in [1.54, 1.807) is 0 Å². The van der Waals surface area contributed by atoms with Crippen LogP contribution in [0.5, 0.6) is 0 Å². The van der Waals surface area contributed by atoms with Crippen LogP contribution in [0.4, 0.5) is 4.39 Å². The van der Waals surface area contributed by atoms with Gasteiger partial charge in [-0.1, -0.05) is 6.92 Å². The first-order valence-electron chi connectivity index (χ1n) is 5.75. The molecule has 0 bridgehead atoms. The van der Waals surface area contributed by atoms with Gasteiger partial charge in [0.05, 0.1) is 6.61 Å². The van der Waals surface area contributed by atoms with Gasteiger partial charge in [-0.15, -0.1) is 0 Å². The Bertz CT molecular complexity index is 409. The average molecular weight is 255 g/mol. The van der Waals surface area contributed by atoms with Crippen molar-refractivity contribution < 1.29 is 19.0 Å². The van der Waals surface area contributed by atoms with E-state index in [0.29, 0.717) is 17.7 Å². The van der Waals surface area contributed by atoms with Crippen LogP contribution in [0.25, 0.3) is 0 Å². The van der Waals surface area contributed by atoms with E-state index >= 15 is 0 Å². The van der Waals surface area contributed by atoms with Gasteiger partial charge in [0.1, 0.15) is 5.82 Å². The number of methoxy groups -OCH3 is 1. The number of carbonyl (C=O) groups excluding carboxylic acids is 1. The lowest BCUT2D eigenvalue weighted by Crippen LogP contribution is -2.29. The van der Waals surface area contributed by atoms with E-state index in [2.05, 4.69) is 5.32 Å². The minimum atomic E-state index is -0.392. The molecule has 18 heavy (non-hydrogen) atoms. The normalized spacial score (nSPS) is 12.2. The summed E-state index contributed by atoms with van der Waals surface area (Å²) in [5, 5.41) is 11.5. The van der Waals surface area contributed by atoms with Crippen molar-refractivity contribution in [2.24, 2.45) is 5.92 Å². The standard InChI is InChI=1S/C13H18FNO3/c1-9(7-16)6-15-13(17)10-3-4-12(14)11(5-10)8-18-2/h3-5,9,16H,6-8H2,1-2H3,(H,15,17). The molecule has 0 spiro atoms. The quantitative estimate of drug-likeness (QED) is 0.806. The summed E-state index contributed by atoms with van der Waals surface area (Å²) >= 11 is 0. The van der Waals surface area contributed by atoms with Gasteiger partial charge in [0.15, 0.2) is 0 Å². The lowest BCUT2D eigenvalue weighted by atomic mass is 10.1. The van der Waals surface area contributed by atoms with Gasteiger partial charge in [0, 0.05) is 31.4 Å². The lowest BCUT2D eigenvalue weighted by molar-refractivity contribution is 0.0942. The number of hydrogen-bond donors (Lipinski definition) is 2. The average Bonchev–Trinajstić information content (AvgIpc) is 2.38. The molecule has 100 valence electrons. The number of amides is 1. The van der Waals surface area contributed by atoms with Crippen molar-refractivity contribution in [2.75, 3.05) is 20.3 Å². The number of nitrogens with one attached hydrogen (secondary N) is 1. The van der Waals surface area contributed by atoms with E-state index in [9.17, 15) is 9.18 Å². The lowest BCUT2D eigenvalue weighted by Gasteiger charge is -2.10. The van der Waals surface area contributed by atoms with Gasteiger partial charge in [0.25, 0.3) is 5.91 Å². The molecule has 1 rings (SSSR count). The third-order valence-corrected chi connectivity index (χ3v) is 2.53.